The number of aryl methyl sites for hydroxylation is 1. The minimum Gasteiger partial charge on any atom is -0.497 e. The molecule has 126 valence electrons. The van der Waals surface area contributed by atoms with Gasteiger partial charge in [-0.2, -0.15) is 10.1 Å². The molecule has 0 aliphatic heterocycles. The Morgan fingerprint density at radius 2 is 1.96 bits per heavy atom. The Bertz CT molecular complexity index is 1040. The fourth-order valence-electron chi connectivity index (χ4n) is 2.56. The Kier molecular flexibility index (Phi) is 3.77. The first kappa shape index (κ1) is 15.5. The van der Waals surface area contributed by atoms with E-state index in [2.05, 4.69) is 25.6 Å². The van der Waals surface area contributed by atoms with Crippen molar-refractivity contribution in [1.29, 1.82) is 0 Å². The van der Waals surface area contributed by atoms with Gasteiger partial charge >= 0.3 is 0 Å². The summed E-state index contributed by atoms with van der Waals surface area (Å²) in [5.74, 6) is 2.00. The van der Waals surface area contributed by atoms with Crippen LogP contribution in [-0.2, 0) is 7.05 Å². The van der Waals surface area contributed by atoms with E-state index in [0.717, 1.165) is 27.9 Å². The number of hydrogen-bond donors (Lipinski definition) is 2. The van der Waals surface area contributed by atoms with Gasteiger partial charge in [0.15, 0.2) is 5.82 Å². The topological polar surface area (TPSA) is 80.6 Å². The zero-order chi connectivity index (χ0) is 17.4. The van der Waals surface area contributed by atoms with Crippen LogP contribution in [0.15, 0.2) is 42.6 Å². The summed E-state index contributed by atoms with van der Waals surface area (Å²) in [6.45, 7) is 0. The highest BCUT2D eigenvalue weighted by Crippen LogP contribution is 2.32. The van der Waals surface area contributed by atoms with Crippen LogP contribution in [-0.4, -0.2) is 32.1 Å². The minimum atomic E-state index is 0.584. The normalized spacial score (nSPS) is 11.0. The molecule has 2 N–H and O–H groups in total. The van der Waals surface area contributed by atoms with Gasteiger partial charge in [-0.05, 0) is 36.4 Å². The fraction of sp³-hybridized carbons (Fsp3) is 0.118. The Labute approximate surface area is 148 Å². The number of methoxy groups -OCH3 is 1. The summed E-state index contributed by atoms with van der Waals surface area (Å²) in [4.78, 5) is 4.56. The van der Waals surface area contributed by atoms with Crippen molar-refractivity contribution in [3.8, 4) is 17.1 Å². The van der Waals surface area contributed by atoms with Crippen LogP contribution in [0.3, 0.4) is 0 Å². The third kappa shape index (κ3) is 2.78. The lowest BCUT2D eigenvalue weighted by atomic mass is 10.2. The Balaban J connectivity index is 1.66. The smallest absolute Gasteiger partial charge is 0.225 e. The van der Waals surface area contributed by atoms with Gasteiger partial charge in [0, 0.05) is 18.0 Å². The van der Waals surface area contributed by atoms with Crippen molar-refractivity contribution in [2.75, 3.05) is 12.4 Å². The van der Waals surface area contributed by atoms with E-state index in [0.29, 0.717) is 16.8 Å². The Morgan fingerprint density at radius 1 is 1.16 bits per heavy atom. The van der Waals surface area contributed by atoms with Gasteiger partial charge in [-0.15, -0.1) is 5.10 Å². The van der Waals surface area contributed by atoms with E-state index in [9.17, 15) is 0 Å². The lowest BCUT2D eigenvalue weighted by Crippen LogP contribution is -2.00. The average molecular weight is 355 g/mol. The van der Waals surface area contributed by atoms with E-state index in [-0.39, 0.29) is 0 Å². The van der Waals surface area contributed by atoms with E-state index >= 15 is 0 Å². The molecule has 0 saturated heterocycles. The van der Waals surface area contributed by atoms with Gasteiger partial charge in [0.2, 0.25) is 5.95 Å². The largest absolute Gasteiger partial charge is 0.497 e. The molecule has 0 atom stereocenters. The number of nitrogens with one attached hydrogen (secondary N) is 2. The van der Waals surface area contributed by atoms with Crippen molar-refractivity contribution in [2.24, 2.45) is 7.05 Å². The molecular formula is C17H15ClN6O. The minimum absolute atomic E-state index is 0.584. The number of aromatic amines is 1. The number of benzene rings is 2. The third-order valence-corrected chi connectivity index (χ3v) is 4.32. The molecule has 0 saturated carbocycles. The first-order chi connectivity index (χ1) is 12.2. The molecule has 0 aliphatic carbocycles. The summed E-state index contributed by atoms with van der Waals surface area (Å²) in [6, 6.07) is 11.4. The molecule has 0 radical (unpaired) electrons. The van der Waals surface area contributed by atoms with Crippen LogP contribution in [0.1, 0.15) is 0 Å². The SMILES string of the molecule is COc1ccc(-c2nc(Nc3ccc4[nH]ncc4c3Cl)n(C)n2)cc1. The van der Waals surface area contributed by atoms with E-state index < -0.39 is 0 Å². The maximum absolute atomic E-state index is 6.45. The van der Waals surface area contributed by atoms with Crippen LogP contribution < -0.4 is 10.1 Å². The third-order valence-electron chi connectivity index (χ3n) is 3.92. The number of hydrogen-bond acceptors (Lipinski definition) is 5. The van der Waals surface area contributed by atoms with Crippen molar-refractivity contribution < 1.29 is 4.74 Å². The molecule has 4 rings (SSSR count). The van der Waals surface area contributed by atoms with Gasteiger partial charge in [-0.3, -0.25) is 5.10 Å². The molecule has 25 heavy (non-hydrogen) atoms. The van der Waals surface area contributed by atoms with Crippen LogP contribution in [0.4, 0.5) is 11.6 Å². The molecule has 2 heterocycles. The monoisotopic (exact) mass is 354 g/mol. The number of H-pyrrole nitrogens is 1. The number of ether oxygens (including phenoxy) is 1. The van der Waals surface area contributed by atoms with Gasteiger partial charge < -0.3 is 10.1 Å². The van der Waals surface area contributed by atoms with Gasteiger partial charge in [-0.1, -0.05) is 11.6 Å². The van der Waals surface area contributed by atoms with Crippen LogP contribution >= 0.6 is 11.6 Å². The second kappa shape index (κ2) is 6.10. The number of anilines is 2. The fourth-order valence-corrected chi connectivity index (χ4v) is 2.82. The standard InChI is InChI=1S/C17H15ClN6O/c1-24-17(20-14-8-7-13-12(15(14)18)9-19-22-13)21-16(23-24)10-3-5-11(25-2)6-4-10/h3-9H,1-2H3,(H,19,22)(H,20,21,23). The van der Waals surface area contributed by atoms with Crippen LogP contribution in [0.5, 0.6) is 5.75 Å². The average Bonchev–Trinajstić information content (AvgIpc) is 3.25. The second-order valence-corrected chi connectivity index (χ2v) is 5.87. The first-order valence-electron chi connectivity index (χ1n) is 7.60. The van der Waals surface area contributed by atoms with Gasteiger partial charge in [0.1, 0.15) is 5.75 Å². The summed E-state index contributed by atoms with van der Waals surface area (Å²) in [5.41, 5.74) is 2.53. The lowest BCUT2D eigenvalue weighted by Gasteiger charge is -2.07. The Morgan fingerprint density at radius 3 is 2.72 bits per heavy atom. The molecule has 0 aliphatic rings. The zero-order valence-electron chi connectivity index (χ0n) is 13.6. The number of aromatic nitrogens is 5. The highest BCUT2D eigenvalue weighted by atomic mass is 35.5. The van der Waals surface area contributed by atoms with Crippen molar-refractivity contribution in [1.82, 2.24) is 25.0 Å². The molecule has 4 aromatic rings. The number of fused-ring (bicyclic) bond motifs is 1. The molecule has 2 aromatic carbocycles. The quantitative estimate of drug-likeness (QED) is 0.583. The van der Waals surface area contributed by atoms with E-state index in [1.165, 1.54) is 0 Å². The molecule has 8 heteroatoms. The maximum atomic E-state index is 6.45. The summed E-state index contributed by atoms with van der Waals surface area (Å²) in [7, 11) is 3.46. The molecule has 0 bridgehead atoms. The van der Waals surface area contributed by atoms with Gasteiger partial charge in [-0.25, -0.2) is 4.68 Å². The van der Waals surface area contributed by atoms with Crippen molar-refractivity contribution in [3.63, 3.8) is 0 Å². The highest BCUT2D eigenvalue weighted by molar-refractivity contribution is 6.38. The van der Waals surface area contributed by atoms with Crippen molar-refractivity contribution in [3.05, 3.63) is 47.6 Å². The highest BCUT2D eigenvalue weighted by Gasteiger charge is 2.13. The van der Waals surface area contributed by atoms with Crippen molar-refractivity contribution >= 4 is 34.1 Å². The first-order valence-corrected chi connectivity index (χ1v) is 7.97. The van der Waals surface area contributed by atoms with Crippen LogP contribution in [0, 0.1) is 0 Å². The molecule has 0 fully saturated rings. The number of nitrogens with zero attached hydrogens (tertiary/aromatic N) is 4. The van der Waals surface area contributed by atoms with Crippen LogP contribution in [0.2, 0.25) is 5.02 Å². The summed E-state index contributed by atoms with van der Waals surface area (Å²) < 4.78 is 6.85. The molecule has 0 spiro atoms. The van der Waals surface area contributed by atoms with Gasteiger partial charge in [0.05, 0.1) is 29.5 Å². The second-order valence-electron chi connectivity index (χ2n) is 5.49. The molecular weight excluding hydrogens is 340 g/mol. The number of rotatable bonds is 4. The molecule has 0 unspecified atom stereocenters. The molecule has 0 amide bonds. The summed E-state index contributed by atoms with van der Waals surface area (Å²) in [5, 5.41) is 16.0. The molecule has 2 aromatic heterocycles. The Hall–Kier alpha value is -3.06. The predicted octanol–water partition coefficient (Wildman–Crippen LogP) is 3.76. The molecule has 7 nitrogen and oxygen atoms in total. The van der Waals surface area contributed by atoms with Crippen LogP contribution in [0.25, 0.3) is 22.3 Å². The van der Waals surface area contributed by atoms with E-state index in [4.69, 9.17) is 16.3 Å². The van der Waals surface area contributed by atoms with Gasteiger partial charge in [0.25, 0.3) is 0 Å². The summed E-state index contributed by atoms with van der Waals surface area (Å²) >= 11 is 6.45. The maximum Gasteiger partial charge on any atom is 0.225 e. The number of halogens is 1. The van der Waals surface area contributed by atoms with Crippen molar-refractivity contribution in [2.45, 2.75) is 0 Å². The zero-order valence-corrected chi connectivity index (χ0v) is 14.4. The lowest BCUT2D eigenvalue weighted by molar-refractivity contribution is 0.415. The van der Waals surface area contributed by atoms with E-state index in [1.807, 2.05) is 43.4 Å². The summed E-state index contributed by atoms with van der Waals surface area (Å²) in [6.07, 6.45) is 1.70. The predicted molar refractivity (Wildman–Crippen MR) is 97.4 cm³/mol. The van der Waals surface area contributed by atoms with E-state index in [1.54, 1.807) is 18.0 Å².